The fraction of sp³-hybridized carbons (Fsp3) is 0.133. The normalized spacial score (nSPS) is 12.3. The van der Waals surface area contributed by atoms with Gasteiger partial charge in [-0.05, 0) is 11.6 Å². The van der Waals surface area contributed by atoms with Crippen molar-refractivity contribution in [1.82, 2.24) is 20.2 Å². The highest BCUT2D eigenvalue weighted by molar-refractivity contribution is 6.34. The molecule has 0 bridgehead atoms. The molecule has 0 aliphatic heterocycles. The number of hydroxylamine groups is 1. The van der Waals surface area contributed by atoms with Crippen LogP contribution in [0, 0.1) is 0 Å². The number of halogens is 1. The van der Waals surface area contributed by atoms with Crippen molar-refractivity contribution in [2.75, 3.05) is 0 Å². The molecule has 112 valence electrons. The molecule has 0 spiro atoms. The van der Waals surface area contributed by atoms with Crippen LogP contribution >= 0.6 is 11.6 Å². The van der Waals surface area contributed by atoms with Gasteiger partial charge in [0.15, 0.2) is 0 Å². The van der Waals surface area contributed by atoms with E-state index < -0.39 is 11.9 Å². The van der Waals surface area contributed by atoms with E-state index in [1.165, 1.54) is 0 Å². The van der Waals surface area contributed by atoms with E-state index >= 15 is 0 Å². The van der Waals surface area contributed by atoms with Crippen LogP contribution in [0.1, 0.15) is 11.6 Å². The van der Waals surface area contributed by atoms with E-state index in [2.05, 4.69) is 10.1 Å². The van der Waals surface area contributed by atoms with Crippen LogP contribution in [0.5, 0.6) is 0 Å². The van der Waals surface area contributed by atoms with Gasteiger partial charge in [-0.25, -0.2) is 10.5 Å². The molecule has 3 aromatic rings. The lowest BCUT2D eigenvalue weighted by Gasteiger charge is -2.16. The zero-order valence-corrected chi connectivity index (χ0v) is 12.2. The third-order valence-corrected chi connectivity index (χ3v) is 3.76. The Bertz CT molecular complexity index is 804. The number of amides is 1. The van der Waals surface area contributed by atoms with Gasteiger partial charge in [0.2, 0.25) is 0 Å². The van der Waals surface area contributed by atoms with Crippen LogP contribution in [-0.2, 0) is 11.2 Å². The lowest BCUT2D eigenvalue weighted by Crippen LogP contribution is -2.32. The minimum atomic E-state index is -0.691. The van der Waals surface area contributed by atoms with Crippen molar-refractivity contribution in [2.24, 2.45) is 0 Å². The number of fused-ring (bicyclic) bond motifs is 1. The molecule has 2 N–H and O–H groups in total. The Morgan fingerprint density at radius 1 is 1.32 bits per heavy atom. The minimum Gasteiger partial charge on any atom is -0.289 e. The van der Waals surface area contributed by atoms with Gasteiger partial charge in [-0.3, -0.25) is 14.7 Å². The fourth-order valence-electron chi connectivity index (χ4n) is 2.39. The van der Waals surface area contributed by atoms with Gasteiger partial charge in [0.25, 0.3) is 5.91 Å². The molecule has 6 nitrogen and oxygen atoms in total. The van der Waals surface area contributed by atoms with Gasteiger partial charge >= 0.3 is 0 Å². The van der Waals surface area contributed by atoms with Crippen LogP contribution in [0.2, 0.25) is 5.15 Å². The smallest absolute Gasteiger partial charge is 0.268 e. The predicted molar refractivity (Wildman–Crippen MR) is 81.7 cm³/mol. The van der Waals surface area contributed by atoms with E-state index in [4.69, 9.17) is 16.8 Å². The van der Waals surface area contributed by atoms with Gasteiger partial charge in [-0.15, -0.1) is 0 Å². The Balaban J connectivity index is 2.05. The number of hydrogen-bond donors (Lipinski definition) is 2. The number of benzene rings is 1. The predicted octanol–water partition coefficient (Wildman–Crippen LogP) is 2.37. The summed E-state index contributed by atoms with van der Waals surface area (Å²) in [6.07, 6.45) is 3.51. The number of aromatic nitrogens is 3. The Kier molecular flexibility index (Phi) is 4.04. The van der Waals surface area contributed by atoms with Gasteiger partial charge in [0, 0.05) is 12.6 Å². The summed E-state index contributed by atoms with van der Waals surface area (Å²) in [4.78, 5) is 16.1. The summed E-state index contributed by atoms with van der Waals surface area (Å²) in [5.74, 6) is -0.540. The molecule has 0 aliphatic carbocycles. The molecule has 0 saturated heterocycles. The average Bonchev–Trinajstić information content (AvgIpc) is 2.98. The molecule has 7 heteroatoms. The number of carbonyl (C=O) groups excluding carboxylic acids is 1. The topological polar surface area (TPSA) is 80.0 Å². The van der Waals surface area contributed by atoms with Gasteiger partial charge in [-0.2, -0.15) is 5.10 Å². The van der Waals surface area contributed by atoms with Crippen LogP contribution in [0.25, 0.3) is 10.9 Å². The summed E-state index contributed by atoms with van der Waals surface area (Å²) in [5.41, 5.74) is 3.35. The molecule has 3 rings (SSSR count). The first kappa shape index (κ1) is 14.5. The highest BCUT2D eigenvalue weighted by atomic mass is 35.5. The average molecular weight is 317 g/mol. The number of hydrogen-bond acceptors (Lipinski definition) is 4. The first-order valence-electron chi connectivity index (χ1n) is 6.66. The Morgan fingerprint density at radius 2 is 2.09 bits per heavy atom. The Labute approximate surface area is 131 Å². The third kappa shape index (κ3) is 2.66. The Morgan fingerprint density at radius 3 is 2.82 bits per heavy atom. The maximum atomic E-state index is 12.1. The zero-order valence-electron chi connectivity index (χ0n) is 11.5. The van der Waals surface area contributed by atoms with Crippen molar-refractivity contribution in [3.8, 4) is 0 Å². The van der Waals surface area contributed by atoms with Gasteiger partial charge in [0.05, 0.1) is 17.1 Å². The summed E-state index contributed by atoms with van der Waals surface area (Å²) >= 11 is 6.03. The van der Waals surface area contributed by atoms with E-state index in [0.717, 1.165) is 5.56 Å². The molecule has 1 unspecified atom stereocenters. The van der Waals surface area contributed by atoms with Crippen LogP contribution in [0.3, 0.4) is 0 Å². The molecule has 2 heterocycles. The monoisotopic (exact) mass is 316 g/mol. The Hall–Kier alpha value is -2.44. The largest absolute Gasteiger partial charge is 0.289 e. The minimum absolute atomic E-state index is 0.326. The zero-order chi connectivity index (χ0) is 15.5. The summed E-state index contributed by atoms with van der Waals surface area (Å²) in [5, 5.41) is 14.3. The molecular formula is C15H13ClN4O2. The molecule has 0 radical (unpaired) electrons. The highest BCUT2D eigenvalue weighted by Crippen LogP contribution is 2.24. The maximum Gasteiger partial charge on any atom is 0.268 e. The highest BCUT2D eigenvalue weighted by Gasteiger charge is 2.23. The molecule has 2 aromatic heterocycles. The van der Waals surface area contributed by atoms with E-state index in [1.54, 1.807) is 28.6 Å². The van der Waals surface area contributed by atoms with Crippen molar-refractivity contribution >= 4 is 28.4 Å². The van der Waals surface area contributed by atoms with Gasteiger partial charge < -0.3 is 0 Å². The number of carbonyl (C=O) groups is 1. The SMILES string of the molecule is O=C(NO)C(Cc1ccccc1)n1ncc2c(Cl)nccc21. The molecule has 0 aliphatic rings. The molecule has 0 fully saturated rings. The van der Waals surface area contributed by atoms with Gasteiger partial charge in [0.1, 0.15) is 11.2 Å². The molecule has 22 heavy (non-hydrogen) atoms. The summed E-state index contributed by atoms with van der Waals surface area (Å²) in [6.45, 7) is 0. The van der Waals surface area contributed by atoms with Crippen molar-refractivity contribution in [3.05, 3.63) is 59.5 Å². The molecule has 0 saturated carbocycles. The van der Waals surface area contributed by atoms with E-state index in [1.807, 2.05) is 30.3 Å². The van der Waals surface area contributed by atoms with Crippen LogP contribution < -0.4 is 5.48 Å². The number of nitrogens with one attached hydrogen (secondary N) is 1. The lowest BCUT2D eigenvalue weighted by atomic mass is 10.1. The molecule has 1 amide bonds. The third-order valence-electron chi connectivity index (χ3n) is 3.46. The van der Waals surface area contributed by atoms with Crippen LogP contribution in [0.15, 0.2) is 48.8 Å². The summed E-state index contributed by atoms with van der Waals surface area (Å²) in [7, 11) is 0. The number of pyridine rings is 1. The number of rotatable bonds is 4. The molecule has 1 aromatic carbocycles. The molecule has 1 atom stereocenters. The summed E-state index contributed by atoms with van der Waals surface area (Å²) < 4.78 is 1.54. The maximum absolute atomic E-state index is 12.1. The van der Waals surface area contributed by atoms with E-state index in [9.17, 15) is 4.79 Å². The van der Waals surface area contributed by atoms with Crippen LogP contribution in [-0.4, -0.2) is 25.9 Å². The second-order valence-electron chi connectivity index (χ2n) is 4.81. The summed E-state index contributed by atoms with van der Waals surface area (Å²) in [6, 6.07) is 10.6. The van der Waals surface area contributed by atoms with Crippen molar-refractivity contribution in [1.29, 1.82) is 0 Å². The standard InChI is InChI=1S/C15H13ClN4O2/c16-14-11-9-18-20(12(11)6-7-17-14)13(15(21)19-22)8-10-4-2-1-3-5-10/h1-7,9,13,22H,8H2,(H,19,21). The first-order chi connectivity index (χ1) is 10.7. The second-order valence-corrected chi connectivity index (χ2v) is 5.16. The van der Waals surface area contributed by atoms with Crippen molar-refractivity contribution in [3.63, 3.8) is 0 Å². The van der Waals surface area contributed by atoms with Crippen LogP contribution in [0.4, 0.5) is 0 Å². The second kappa shape index (κ2) is 6.13. The lowest BCUT2D eigenvalue weighted by molar-refractivity contribution is -0.132. The van der Waals surface area contributed by atoms with Gasteiger partial charge in [-0.1, -0.05) is 41.9 Å². The molecular weight excluding hydrogens is 304 g/mol. The van der Waals surface area contributed by atoms with E-state index in [-0.39, 0.29) is 0 Å². The van der Waals surface area contributed by atoms with Crippen molar-refractivity contribution in [2.45, 2.75) is 12.5 Å². The number of nitrogens with zero attached hydrogens (tertiary/aromatic N) is 3. The fourth-order valence-corrected chi connectivity index (χ4v) is 2.59. The first-order valence-corrected chi connectivity index (χ1v) is 7.04. The van der Waals surface area contributed by atoms with E-state index in [0.29, 0.717) is 22.5 Å². The van der Waals surface area contributed by atoms with Crippen molar-refractivity contribution < 1.29 is 10.0 Å². The quantitative estimate of drug-likeness (QED) is 0.440.